The van der Waals surface area contributed by atoms with Gasteiger partial charge in [0, 0.05) is 56.6 Å². The Kier molecular flexibility index (Phi) is 11.8. The average molecular weight is 657 g/mol. The van der Waals surface area contributed by atoms with Gasteiger partial charge >= 0.3 is 0 Å². The van der Waals surface area contributed by atoms with Gasteiger partial charge in [0.25, 0.3) is 0 Å². The predicted octanol–water partition coefficient (Wildman–Crippen LogP) is 5.87. The third-order valence-corrected chi connectivity index (χ3v) is 10.5. The highest BCUT2D eigenvalue weighted by atomic mass is 35.5. The lowest BCUT2D eigenvalue weighted by Crippen LogP contribution is -2.58. The van der Waals surface area contributed by atoms with Crippen molar-refractivity contribution in [1.29, 1.82) is 0 Å². The normalized spacial score (nSPS) is 19.4. The average Bonchev–Trinajstić information content (AvgIpc) is 3.09. The van der Waals surface area contributed by atoms with E-state index in [9.17, 15) is 14.4 Å². The van der Waals surface area contributed by atoms with Crippen molar-refractivity contribution in [2.75, 3.05) is 39.3 Å². The molecule has 3 amide bonds. The van der Waals surface area contributed by atoms with Gasteiger partial charge in [0.2, 0.25) is 17.7 Å². The summed E-state index contributed by atoms with van der Waals surface area (Å²) in [6.45, 7) is 11.6. The van der Waals surface area contributed by atoms with Crippen LogP contribution in [0.25, 0.3) is 0 Å². The van der Waals surface area contributed by atoms with Crippen molar-refractivity contribution < 1.29 is 14.4 Å². The molecule has 5 rings (SSSR count). The fourth-order valence-corrected chi connectivity index (χ4v) is 7.49. The van der Waals surface area contributed by atoms with Gasteiger partial charge in [0.1, 0.15) is 12.1 Å². The maximum absolute atomic E-state index is 14.3. The summed E-state index contributed by atoms with van der Waals surface area (Å²) in [6, 6.07) is 22.8. The first-order valence-electron chi connectivity index (χ1n) is 17.2. The summed E-state index contributed by atoms with van der Waals surface area (Å²) >= 11 is 6.17. The molecule has 1 heterocycles. The smallest absolute Gasteiger partial charge is 0.245 e. The van der Waals surface area contributed by atoms with Gasteiger partial charge in [-0.15, -0.1) is 0 Å². The highest BCUT2D eigenvalue weighted by Crippen LogP contribution is 2.33. The minimum Gasteiger partial charge on any atom is -0.344 e. The van der Waals surface area contributed by atoms with Gasteiger partial charge < -0.3 is 15.1 Å². The SMILES string of the molecule is CCC1Cc2ccccc2CC1C(=O)N[C@H](Cc1ccc(Cl)cc1)C(=O)N1CCN(C(C(=O)N(CC)CC)c2ccccc2C)CC1. The fourth-order valence-electron chi connectivity index (χ4n) is 7.36. The summed E-state index contributed by atoms with van der Waals surface area (Å²) < 4.78 is 0. The molecule has 0 radical (unpaired) electrons. The molecule has 3 aromatic carbocycles. The van der Waals surface area contributed by atoms with Crippen molar-refractivity contribution in [3.63, 3.8) is 0 Å². The van der Waals surface area contributed by atoms with Crippen molar-refractivity contribution in [3.05, 3.63) is 106 Å². The molecular weight excluding hydrogens is 608 g/mol. The summed E-state index contributed by atoms with van der Waals surface area (Å²) in [5.41, 5.74) is 5.57. The van der Waals surface area contributed by atoms with Crippen LogP contribution in [-0.2, 0) is 33.6 Å². The van der Waals surface area contributed by atoms with Crippen LogP contribution in [-0.4, -0.2) is 77.7 Å². The Morgan fingerprint density at radius 2 is 1.47 bits per heavy atom. The molecule has 3 aromatic rings. The molecule has 1 N–H and O–H groups in total. The van der Waals surface area contributed by atoms with Crippen LogP contribution in [0, 0.1) is 18.8 Å². The molecule has 0 bridgehead atoms. The molecule has 1 aliphatic heterocycles. The quantitative estimate of drug-likeness (QED) is 0.280. The molecule has 1 fully saturated rings. The van der Waals surface area contributed by atoms with Gasteiger partial charge in [-0.05, 0) is 79.5 Å². The van der Waals surface area contributed by atoms with Gasteiger partial charge in [-0.2, -0.15) is 0 Å². The Bertz CT molecular complexity index is 1530. The number of amides is 3. The zero-order chi connectivity index (χ0) is 33.5. The summed E-state index contributed by atoms with van der Waals surface area (Å²) in [7, 11) is 0. The molecular formula is C39H49ClN4O3. The van der Waals surface area contributed by atoms with Crippen molar-refractivity contribution >= 4 is 29.3 Å². The van der Waals surface area contributed by atoms with Crippen molar-refractivity contribution in [3.8, 4) is 0 Å². The number of fused-ring (bicyclic) bond motifs is 1. The van der Waals surface area contributed by atoms with E-state index in [1.165, 1.54) is 11.1 Å². The second kappa shape index (κ2) is 15.9. The lowest BCUT2D eigenvalue weighted by Gasteiger charge is -2.41. The van der Waals surface area contributed by atoms with Crippen molar-refractivity contribution in [1.82, 2.24) is 20.0 Å². The molecule has 47 heavy (non-hydrogen) atoms. The number of carbonyl (C=O) groups is 3. The standard InChI is InChI=1S/C39H49ClN4O3/c1-5-29-25-30-13-9-10-14-31(30)26-34(29)37(45)41-35(24-28-16-18-32(40)19-17-28)38(46)44-22-20-43(21-23-44)36(39(47)42(6-2)7-3)33-15-11-8-12-27(33)4/h8-19,29,34-36H,5-7,20-26H2,1-4H3,(H,41,45)/t29?,34?,35-,36?/m1/s1. The second-order valence-electron chi connectivity index (χ2n) is 13.0. The summed E-state index contributed by atoms with van der Waals surface area (Å²) in [5, 5.41) is 3.85. The number of rotatable bonds is 11. The number of benzene rings is 3. The van der Waals surface area contributed by atoms with E-state index in [4.69, 9.17) is 11.6 Å². The van der Waals surface area contributed by atoms with Crippen LogP contribution < -0.4 is 5.32 Å². The second-order valence-corrected chi connectivity index (χ2v) is 13.4. The minimum atomic E-state index is -0.700. The Morgan fingerprint density at radius 3 is 2.09 bits per heavy atom. The number of nitrogens with zero attached hydrogens (tertiary/aromatic N) is 3. The number of nitrogens with one attached hydrogen (secondary N) is 1. The van der Waals surface area contributed by atoms with Crippen LogP contribution >= 0.6 is 11.6 Å². The zero-order valence-corrected chi connectivity index (χ0v) is 29.0. The minimum absolute atomic E-state index is 0.0539. The molecule has 8 heteroatoms. The van der Waals surface area contributed by atoms with E-state index in [0.717, 1.165) is 29.5 Å². The number of hydrogen-bond acceptors (Lipinski definition) is 4. The van der Waals surface area contributed by atoms with Crippen molar-refractivity contribution in [2.24, 2.45) is 11.8 Å². The highest BCUT2D eigenvalue weighted by Gasteiger charge is 2.38. The lowest BCUT2D eigenvalue weighted by atomic mass is 9.74. The monoisotopic (exact) mass is 656 g/mol. The molecule has 250 valence electrons. The lowest BCUT2D eigenvalue weighted by molar-refractivity contribution is -0.142. The number of hydrogen-bond donors (Lipinski definition) is 1. The Labute approximate surface area is 285 Å². The number of carbonyl (C=O) groups excluding carboxylic acids is 3. The van der Waals surface area contributed by atoms with Gasteiger partial charge in [0.15, 0.2) is 0 Å². The van der Waals surface area contributed by atoms with E-state index in [2.05, 4.69) is 48.3 Å². The first-order valence-corrected chi connectivity index (χ1v) is 17.6. The van der Waals surface area contributed by atoms with Gasteiger partial charge in [-0.1, -0.05) is 85.6 Å². The molecule has 1 aliphatic carbocycles. The van der Waals surface area contributed by atoms with Crippen LogP contribution in [0.4, 0.5) is 0 Å². The van der Waals surface area contributed by atoms with Gasteiger partial charge in [0.05, 0.1) is 0 Å². The van der Waals surface area contributed by atoms with E-state index in [-0.39, 0.29) is 29.6 Å². The maximum atomic E-state index is 14.3. The summed E-state index contributed by atoms with van der Waals surface area (Å²) in [6.07, 6.45) is 2.84. The van der Waals surface area contributed by atoms with Crippen LogP contribution in [0.15, 0.2) is 72.8 Å². The number of aryl methyl sites for hydroxylation is 1. The molecule has 0 spiro atoms. The van der Waals surface area contributed by atoms with Crippen LogP contribution in [0.1, 0.15) is 61.1 Å². The molecule has 1 saturated heterocycles. The maximum Gasteiger partial charge on any atom is 0.245 e. The largest absolute Gasteiger partial charge is 0.344 e. The Hall–Kier alpha value is -3.68. The predicted molar refractivity (Wildman–Crippen MR) is 188 cm³/mol. The van der Waals surface area contributed by atoms with Crippen LogP contribution in [0.5, 0.6) is 0 Å². The molecule has 3 unspecified atom stereocenters. The van der Waals surface area contributed by atoms with Crippen molar-refractivity contribution in [2.45, 2.75) is 65.5 Å². The number of halogens is 1. The third-order valence-electron chi connectivity index (χ3n) is 10.2. The zero-order valence-electron chi connectivity index (χ0n) is 28.3. The Balaban J connectivity index is 1.34. The highest BCUT2D eigenvalue weighted by molar-refractivity contribution is 6.30. The van der Waals surface area contributed by atoms with Crippen LogP contribution in [0.2, 0.25) is 5.02 Å². The van der Waals surface area contributed by atoms with E-state index < -0.39 is 12.1 Å². The van der Waals surface area contributed by atoms with Gasteiger partial charge in [-0.25, -0.2) is 0 Å². The summed E-state index contributed by atoms with van der Waals surface area (Å²) in [5.74, 6) is -0.00683. The first kappa shape index (κ1) is 34.6. The molecule has 4 atom stereocenters. The first-order chi connectivity index (χ1) is 22.7. The number of likely N-dealkylation sites (N-methyl/N-ethyl adjacent to an activating group) is 1. The fraction of sp³-hybridized carbons (Fsp3) is 0.462. The Morgan fingerprint density at radius 1 is 0.851 bits per heavy atom. The third kappa shape index (κ3) is 8.07. The van der Waals surface area contributed by atoms with Gasteiger partial charge in [-0.3, -0.25) is 19.3 Å². The van der Waals surface area contributed by atoms with E-state index >= 15 is 0 Å². The summed E-state index contributed by atoms with van der Waals surface area (Å²) in [4.78, 5) is 48.1. The number of piperazine rings is 1. The topological polar surface area (TPSA) is 73.0 Å². The molecule has 2 aliphatic rings. The van der Waals surface area contributed by atoms with Crippen LogP contribution in [0.3, 0.4) is 0 Å². The molecule has 7 nitrogen and oxygen atoms in total. The van der Waals surface area contributed by atoms with E-state index in [0.29, 0.717) is 57.1 Å². The molecule has 0 saturated carbocycles. The van der Waals surface area contributed by atoms with E-state index in [1.54, 1.807) is 0 Å². The molecule has 0 aromatic heterocycles. The van der Waals surface area contributed by atoms with E-state index in [1.807, 2.05) is 72.2 Å².